The molecule has 3 nitrogen and oxygen atoms in total. The van der Waals surface area contributed by atoms with E-state index < -0.39 is 0 Å². The van der Waals surface area contributed by atoms with Gasteiger partial charge in [0.1, 0.15) is 0 Å². The molecule has 2 aliphatic rings. The normalized spacial score (nSPS) is 17.9. The fourth-order valence-corrected chi connectivity index (χ4v) is 4.19. The van der Waals surface area contributed by atoms with Crippen LogP contribution in [-0.4, -0.2) is 17.6 Å². The Kier molecular flexibility index (Phi) is 3.82. The molecule has 0 spiro atoms. The number of hydrogen-bond acceptors (Lipinski definition) is 4. The summed E-state index contributed by atoms with van der Waals surface area (Å²) in [5, 5.41) is 3.53. The van der Waals surface area contributed by atoms with E-state index in [0.29, 0.717) is 0 Å². The van der Waals surface area contributed by atoms with E-state index in [4.69, 9.17) is 4.42 Å². The first-order valence-electron chi connectivity index (χ1n) is 8.18. The fourth-order valence-electron chi connectivity index (χ4n) is 2.99. The number of nitrogens with one attached hydrogen (secondary N) is 1. The number of rotatable bonds is 6. The Morgan fingerprint density at radius 3 is 3.05 bits per heavy atom. The van der Waals surface area contributed by atoms with Crippen LogP contribution in [-0.2, 0) is 19.3 Å². The van der Waals surface area contributed by atoms with Crippen molar-refractivity contribution in [3.05, 3.63) is 28.6 Å². The van der Waals surface area contributed by atoms with E-state index in [1.807, 2.05) is 17.5 Å². The number of oxazole rings is 1. The Balaban J connectivity index is 1.37. The Morgan fingerprint density at radius 2 is 2.19 bits per heavy atom. The van der Waals surface area contributed by atoms with Gasteiger partial charge in [0.2, 0.25) is 0 Å². The van der Waals surface area contributed by atoms with E-state index in [1.54, 1.807) is 4.88 Å². The van der Waals surface area contributed by atoms with Crippen LogP contribution >= 0.6 is 11.3 Å². The molecular formula is C17H22N2OS. The van der Waals surface area contributed by atoms with E-state index in [9.17, 15) is 0 Å². The maximum absolute atomic E-state index is 5.94. The molecule has 0 radical (unpaired) electrons. The summed E-state index contributed by atoms with van der Waals surface area (Å²) < 4.78 is 5.94. The number of thiophene rings is 1. The van der Waals surface area contributed by atoms with Gasteiger partial charge < -0.3 is 9.73 Å². The topological polar surface area (TPSA) is 38.1 Å². The second-order valence-electron chi connectivity index (χ2n) is 6.22. The predicted molar refractivity (Wildman–Crippen MR) is 85.8 cm³/mol. The summed E-state index contributed by atoms with van der Waals surface area (Å²) in [7, 11) is 0. The number of hydrogen-bond donors (Lipinski definition) is 1. The molecule has 2 aliphatic carbocycles. The Morgan fingerprint density at radius 1 is 1.29 bits per heavy atom. The van der Waals surface area contributed by atoms with Crippen LogP contribution in [0.2, 0.25) is 0 Å². The van der Waals surface area contributed by atoms with Crippen LogP contribution in [0.25, 0.3) is 10.6 Å². The maximum atomic E-state index is 5.94. The van der Waals surface area contributed by atoms with Gasteiger partial charge >= 0.3 is 0 Å². The van der Waals surface area contributed by atoms with Gasteiger partial charge in [0.05, 0.1) is 11.1 Å². The average Bonchev–Trinajstić information content (AvgIpc) is 3.04. The van der Waals surface area contributed by atoms with Crippen LogP contribution in [0.5, 0.6) is 0 Å². The number of fused-ring (bicyclic) bond motifs is 1. The van der Waals surface area contributed by atoms with Gasteiger partial charge in [-0.25, -0.2) is 4.98 Å². The largest absolute Gasteiger partial charge is 0.440 e. The van der Waals surface area contributed by atoms with Crippen molar-refractivity contribution in [3.63, 3.8) is 0 Å². The Labute approximate surface area is 129 Å². The van der Waals surface area contributed by atoms with Crippen molar-refractivity contribution in [2.75, 3.05) is 6.54 Å². The van der Waals surface area contributed by atoms with Gasteiger partial charge in [0.15, 0.2) is 11.7 Å². The highest BCUT2D eigenvalue weighted by atomic mass is 32.1. The first kappa shape index (κ1) is 13.5. The molecule has 0 aliphatic heterocycles. The first-order valence-corrected chi connectivity index (χ1v) is 9.00. The quantitative estimate of drug-likeness (QED) is 0.821. The second-order valence-corrected chi connectivity index (χ2v) is 7.35. The predicted octanol–water partition coefficient (Wildman–Crippen LogP) is 3.97. The zero-order chi connectivity index (χ0) is 14.1. The van der Waals surface area contributed by atoms with Crippen LogP contribution < -0.4 is 5.32 Å². The highest BCUT2D eigenvalue weighted by Crippen LogP contribution is 2.36. The summed E-state index contributed by atoms with van der Waals surface area (Å²) in [6.07, 6.45) is 11.8. The summed E-state index contributed by atoms with van der Waals surface area (Å²) in [6, 6.07) is 3.11. The molecule has 4 rings (SSSR count). The molecule has 0 unspecified atom stereocenters. The molecular weight excluding hydrogens is 280 g/mol. The van der Waals surface area contributed by atoms with Gasteiger partial charge in [-0.2, -0.15) is 0 Å². The molecule has 0 saturated heterocycles. The molecule has 0 aromatic carbocycles. The molecule has 4 heteroatoms. The molecule has 0 amide bonds. The lowest BCUT2D eigenvalue weighted by Crippen LogP contribution is -2.17. The molecule has 2 aromatic rings. The van der Waals surface area contributed by atoms with Crippen molar-refractivity contribution in [3.8, 4) is 10.6 Å². The zero-order valence-corrected chi connectivity index (χ0v) is 13.2. The Bertz CT molecular complexity index is 589. The molecule has 2 aromatic heterocycles. The minimum absolute atomic E-state index is 0.794. The van der Waals surface area contributed by atoms with Gasteiger partial charge in [-0.15, -0.1) is 11.3 Å². The smallest absolute Gasteiger partial charge is 0.194 e. The monoisotopic (exact) mass is 302 g/mol. The highest BCUT2D eigenvalue weighted by Gasteiger charge is 2.20. The van der Waals surface area contributed by atoms with Crippen molar-refractivity contribution in [2.45, 2.75) is 57.4 Å². The fraction of sp³-hybridized carbons (Fsp3) is 0.588. The summed E-state index contributed by atoms with van der Waals surface area (Å²) in [5.41, 5.74) is 1.54. The third kappa shape index (κ3) is 3.22. The summed E-state index contributed by atoms with van der Waals surface area (Å²) in [5.74, 6) is 1.84. The Hall–Kier alpha value is -1.13. The van der Waals surface area contributed by atoms with Gasteiger partial charge in [0.25, 0.3) is 0 Å². The summed E-state index contributed by atoms with van der Waals surface area (Å²) in [4.78, 5) is 7.26. The maximum Gasteiger partial charge on any atom is 0.194 e. The molecule has 1 fully saturated rings. The van der Waals surface area contributed by atoms with E-state index in [-0.39, 0.29) is 0 Å². The summed E-state index contributed by atoms with van der Waals surface area (Å²) >= 11 is 1.90. The van der Waals surface area contributed by atoms with Crippen molar-refractivity contribution in [2.24, 2.45) is 0 Å². The molecule has 112 valence electrons. The lowest BCUT2D eigenvalue weighted by Gasteiger charge is -2.08. The highest BCUT2D eigenvalue weighted by molar-refractivity contribution is 7.15. The van der Waals surface area contributed by atoms with Gasteiger partial charge in [-0.3, -0.25) is 0 Å². The lowest BCUT2D eigenvalue weighted by molar-refractivity contribution is 0.492. The molecule has 1 saturated carbocycles. The zero-order valence-electron chi connectivity index (χ0n) is 12.4. The van der Waals surface area contributed by atoms with Crippen LogP contribution in [0.3, 0.4) is 0 Å². The molecule has 0 bridgehead atoms. The van der Waals surface area contributed by atoms with Crippen molar-refractivity contribution >= 4 is 11.3 Å². The molecule has 21 heavy (non-hydrogen) atoms. The summed E-state index contributed by atoms with van der Waals surface area (Å²) in [6.45, 7) is 1.08. The molecule has 2 heterocycles. The number of aryl methyl sites for hydroxylation is 3. The van der Waals surface area contributed by atoms with Gasteiger partial charge in [-0.1, -0.05) is 0 Å². The van der Waals surface area contributed by atoms with Gasteiger partial charge in [-0.05, 0) is 63.1 Å². The van der Waals surface area contributed by atoms with Crippen LogP contribution in [0, 0.1) is 0 Å². The van der Waals surface area contributed by atoms with Crippen LogP contribution in [0.4, 0.5) is 0 Å². The minimum atomic E-state index is 0.794. The standard InChI is InChI=1S/C17H22N2OS/c1-2-5-15-12(4-1)10-16(21-15)14-11-19-17(20-14)6-3-9-18-13-7-8-13/h10-11,13,18H,1-9H2. The SMILES string of the molecule is c1nc(CCCNC2CC2)oc1-c1cc2c(s1)CCCC2. The average molecular weight is 302 g/mol. The minimum Gasteiger partial charge on any atom is -0.440 e. The molecule has 0 atom stereocenters. The third-order valence-corrected chi connectivity index (χ3v) is 5.62. The van der Waals surface area contributed by atoms with Gasteiger partial charge in [0, 0.05) is 17.3 Å². The first-order chi connectivity index (χ1) is 10.4. The van der Waals surface area contributed by atoms with Crippen molar-refractivity contribution in [1.29, 1.82) is 0 Å². The second kappa shape index (κ2) is 5.93. The van der Waals surface area contributed by atoms with E-state index in [2.05, 4.69) is 16.4 Å². The number of aromatic nitrogens is 1. The number of nitrogens with zero attached hydrogens (tertiary/aromatic N) is 1. The lowest BCUT2D eigenvalue weighted by atomic mass is 9.99. The van der Waals surface area contributed by atoms with E-state index in [1.165, 1.54) is 49.0 Å². The van der Waals surface area contributed by atoms with Crippen LogP contribution in [0.1, 0.15) is 48.4 Å². The molecule has 1 N–H and O–H groups in total. The van der Waals surface area contributed by atoms with Crippen LogP contribution in [0.15, 0.2) is 16.7 Å². The van der Waals surface area contributed by atoms with E-state index >= 15 is 0 Å². The van der Waals surface area contributed by atoms with Crippen molar-refractivity contribution < 1.29 is 4.42 Å². The third-order valence-electron chi connectivity index (χ3n) is 4.37. The van der Waals surface area contributed by atoms with Crippen molar-refractivity contribution in [1.82, 2.24) is 10.3 Å². The van der Waals surface area contributed by atoms with E-state index in [0.717, 1.165) is 37.1 Å².